The molecule has 3 aromatic heterocycles. The molecule has 0 bridgehead atoms. The van der Waals surface area contributed by atoms with Crippen LogP contribution in [0.5, 0.6) is 0 Å². The summed E-state index contributed by atoms with van der Waals surface area (Å²) in [4.78, 5) is 44.2. The van der Waals surface area contributed by atoms with E-state index in [0.29, 0.717) is 58.9 Å². The maximum absolute atomic E-state index is 15.1. The van der Waals surface area contributed by atoms with Gasteiger partial charge in [0, 0.05) is 91.9 Å². The second kappa shape index (κ2) is 14.0. The number of rotatable bonds is 8. The van der Waals surface area contributed by atoms with Crippen LogP contribution in [0.25, 0.3) is 16.4 Å². The van der Waals surface area contributed by atoms with Crippen molar-refractivity contribution >= 4 is 45.5 Å². The maximum atomic E-state index is 15.1. The molecule has 4 fully saturated rings. The quantitative estimate of drug-likeness (QED) is 0.196. The van der Waals surface area contributed by atoms with Gasteiger partial charge >= 0.3 is 0 Å². The molecule has 0 spiro atoms. The van der Waals surface area contributed by atoms with Crippen molar-refractivity contribution in [3.8, 4) is 6.07 Å². The fourth-order valence-corrected chi connectivity index (χ4v) is 8.80. The van der Waals surface area contributed by atoms with E-state index in [2.05, 4.69) is 31.6 Å². The van der Waals surface area contributed by atoms with Crippen LogP contribution in [0.15, 0.2) is 54.9 Å². The molecule has 1 atom stereocenters. The Hall–Kier alpha value is -5.76. The summed E-state index contributed by atoms with van der Waals surface area (Å²) in [5, 5.41) is 35.4. The summed E-state index contributed by atoms with van der Waals surface area (Å²) in [6, 6.07) is 14.3. The fourth-order valence-electron chi connectivity index (χ4n) is 8.80. The van der Waals surface area contributed by atoms with Gasteiger partial charge in [0.05, 0.1) is 40.4 Å². The average molecular weight is 777 g/mol. The Morgan fingerprint density at radius 3 is 2.35 bits per heavy atom. The Labute approximate surface area is 326 Å². The number of imide groups is 1. The number of halogens is 2. The lowest BCUT2D eigenvalue weighted by Crippen LogP contribution is -2.64. The molecule has 16 heteroatoms. The molecule has 1 aliphatic carbocycles. The first kappa shape index (κ1) is 36.9. The van der Waals surface area contributed by atoms with E-state index in [4.69, 9.17) is 5.10 Å². The number of hydrogen-bond acceptors (Lipinski definition) is 10. The van der Waals surface area contributed by atoms with Crippen LogP contribution in [0.2, 0.25) is 0 Å². The highest BCUT2D eigenvalue weighted by Crippen LogP contribution is 2.39. The maximum Gasteiger partial charge on any atom is 0.274 e. The zero-order chi connectivity index (χ0) is 39.7. The molecule has 3 N–H and O–H groups in total. The molecule has 1 saturated carbocycles. The number of piperidine rings is 1. The molecule has 14 nitrogen and oxygen atoms in total. The largest absolute Gasteiger partial charge is 0.386 e. The molecule has 3 amide bonds. The minimum Gasteiger partial charge on any atom is -0.386 e. The van der Waals surface area contributed by atoms with Gasteiger partial charge in [-0.15, -0.1) is 0 Å². The van der Waals surface area contributed by atoms with Gasteiger partial charge in [-0.3, -0.25) is 34.2 Å². The first-order valence-electron chi connectivity index (χ1n) is 19.3. The standard InChI is InChI=1S/C41H42F2N10O4/c1-41(2,57)31-17-34-24(12-35(31)46-40(56)36-5-3-25-11-23(18-44)19-45-53(25)36)20-52(48-34)28-13-26(14-28)49-7-9-50(10-8-49)29-21-51(22-29)27-15-32(42)38(33(43)16-27)30-4-6-37(54)47-39(30)55/h3,5,11-12,15-17,19-20,26,28-30,57H,4,6-10,13-14,21-22H2,1-2H3,(H,46,56)(H,47,54,55)/t26?,28?,30-/m1/s1. The zero-order valence-corrected chi connectivity index (χ0v) is 31.6. The van der Waals surface area contributed by atoms with Gasteiger partial charge < -0.3 is 15.3 Å². The molecule has 0 radical (unpaired) electrons. The second-order valence-electron chi connectivity index (χ2n) is 16.2. The predicted octanol–water partition coefficient (Wildman–Crippen LogP) is 4.04. The van der Waals surface area contributed by atoms with Gasteiger partial charge in [-0.25, -0.2) is 13.3 Å². The number of hydrogen-bond donors (Lipinski definition) is 3. The summed E-state index contributed by atoms with van der Waals surface area (Å²) in [5.74, 6) is -4.02. The van der Waals surface area contributed by atoms with Gasteiger partial charge in [-0.05, 0) is 75.6 Å². The van der Waals surface area contributed by atoms with Crippen LogP contribution in [0.4, 0.5) is 20.2 Å². The summed E-state index contributed by atoms with van der Waals surface area (Å²) in [7, 11) is 0. The van der Waals surface area contributed by atoms with Crippen molar-refractivity contribution in [3.05, 3.63) is 88.9 Å². The third kappa shape index (κ3) is 6.79. The average Bonchev–Trinajstić information content (AvgIpc) is 3.74. The molecular weight excluding hydrogens is 735 g/mol. The number of benzene rings is 2. The Bertz CT molecular complexity index is 2460. The molecule has 2 aromatic carbocycles. The highest BCUT2D eigenvalue weighted by atomic mass is 19.1. The number of aromatic nitrogens is 4. The normalized spacial score (nSPS) is 22.3. The number of piperazine rings is 1. The van der Waals surface area contributed by atoms with E-state index in [1.807, 2.05) is 27.9 Å². The number of nitriles is 1. The van der Waals surface area contributed by atoms with Gasteiger partial charge in [0.1, 0.15) is 23.4 Å². The number of nitrogens with zero attached hydrogens (tertiary/aromatic N) is 8. The molecule has 4 aliphatic rings. The number of aliphatic hydroxyl groups is 1. The third-order valence-electron chi connectivity index (χ3n) is 12.2. The Balaban J connectivity index is 0.794. The zero-order valence-electron chi connectivity index (χ0n) is 31.6. The summed E-state index contributed by atoms with van der Waals surface area (Å²) >= 11 is 0. The van der Waals surface area contributed by atoms with Crippen LogP contribution >= 0.6 is 0 Å². The Morgan fingerprint density at radius 2 is 1.68 bits per heavy atom. The van der Waals surface area contributed by atoms with Crippen LogP contribution in [0.3, 0.4) is 0 Å². The fraction of sp³-hybridized carbons (Fsp3) is 0.415. The lowest BCUT2D eigenvalue weighted by molar-refractivity contribution is -0.134. The van der Waals surface area contributed by atoms with Crippen LogP contribution < -0.4 is 15.5 Å². The van der Waals surface area contributed by atoms with Gasteiger partial charge in [0.25, 0.3) is 5.91 Å². The first-order valence-corrected chi connectivity index (χ1v) is 19.3. The minimum atomic E-state index is -1.26. The molecule has 294 valence electrons. The second-order valence-corrected chi connectivity index (χ2v) is 16.2. The number of carbonyl (C=O) groups is 3. The number of nitrogens with one attached hydrogen (secondary N) is 2. The van der Waals surface area contributed by atoms with E-state index in [0.717, 1.165) is 49.9 Å². The van der Waals surface area contributed by atoms with Gasteiger partial charge in [0.2, 0.25) is 11.8 Å². The molecule has 3 aliphatic heterocycles. The van der Waals surface area contributed by atoms with Crippen molar-refractivity contribution in [2.24, 2.45) is 0 Å². The molecular formula is C41H42F2N10O4. The first-order chi connectivity index (χ1) is 27.3. The van der Waals surface area contributed by atoms with E-state index in [1.165, 1.54) is 22.8 Å². The van der Waals surface area contributed by atoms with Crippen molar-refractivity contribution in [3.63, 3.8) is 0 Å². The minimum absolute atomic E-state index is 0.0537. The number of amides is 3. The molecule has 0 unspecified atom stereocenters. The third-order valence-corrected chi connectivity index (χ3v) is 12.2. The SMILES string of the molecule is CC(C)(O)c1cc2nn(C3CC(N4CCN(C5CN(c6cc(F)c([C@H]7CCC(=O)NC7=O)c(F)c6)C5)CC4)C3)cc2cc1NC(=O)c1ccc2cc(C#N)cnn12. The van der Waals surface area contributed by atoms with Crippen LogP contribution in [-0.2, 0) is 15.2 Å². The lowest BCUT2D eigenvalue weighted by atomic mass is 9.85. The highest BCUT2D eigenvalue weighted by Gasteiger charge is 2.40. The van der Waals surface area contributed by atoms with Crippen molar-refractivity contribution in [2.75, 3.05) is 49.5 Å². The van der Waals surface area contributed by atoms with Crippen molar-refractivity contribution in [1.29, 1.82) is 5.26 Å². The van der Waals surface area contributed by atoms with Crippen LogP contribution in [-0.4, -0.2) is 103 Å². The highest BCUT2D eigenvalue weighted by molar-refractivity contribution is 6.05. The number of carbonyl (C=O) groups excluding carboxylic acids is 3. The lowest BCUT2D eigenvalue weighted by Gasteiger charge is -2.51. The van der Waals surface area contributed by atoms with Crippen molar-refractivity contribution in [2.45, 2.75) is 69.2 Å². The molecule has 6 heterocycles. The van der Waals surface area contributed by atoms with E-state index < -0.39 is 40.9 Å². The summed E-state index contributed by atoms with van der Waals surface area (Å²) in [5.41, 5.74) is 1.98. The molecule has 3 saturated heterocycles. The van der Waals surface area contributed by atoms with Gasteiger partial charge in [-0.2, -0.15) is 15.5 Å². The topological polar surface area (TPSA) is 164 Å². The van der Waals surface area contributed by atoms with Crippen molar-refractivity contribution in [1.82, 2.24) is 34.5 Å². The van der Waals surface area contributed by atoms with Gasteiger partial charge in [0.15, 0.2) is 0 Å². The Morgan fingerprint density at radius 1 is 0.982 bits per heavy atom. The monoisotopic (exact) mass is 776 g/mol. The smallest absolute Gasteiger partial charge is 0.274 e. The molecule has 9 rings (SSSR count). The van der Waals surface area contributed by atoms with Crippen molar-refractivity contribution < 1.29 is 28.3 Å². The predicted molar refractivity (Wildman–Crippen MR) is 206 cm³/mol. The van der Waals surface area contributed by atoms with Crippen LogP contribution in [0, 0.1) is 23.0 Å². The number of anilines is 2. The van der Waals surface area contributed by atoms with Gasteiger partial charge in [-0.1, -0.05) is 0 Å². The number of fused-ring (bicyclic) bond motifs is 2. The molecule has 5 aromatic rings. The molecule has 57 heavy (non-hydrogen) atoms. The van der Waals surface area contributed by atoms with E-state index in [1.54, 1.807) is 32.0 Å². The van der Waals surface area contributed by atoms with E-state index in [9.17, 15) is 24.8 Å². The summed E-state index contributed by atoms with van der Waals surface area (Å²) < 4.78 is 33.7. The summed E-state index contributed by atoms with van der Waals surface area (Å²) in [6.07, 6.45) is 5.47. The van der Waals surface area contributed by atoms with E-state index in [-0.39, 0.29) is 24.4 Å². The summed E-state index contributed by atoms with van der Waals surface area (Å²) in [6.45, 7) is 8.36. The Kier molecular flexibility index (Phi) is 9.06. The van der Waals surface area contributed by atoms with Crippen LogP contribution in [0.1, 0.15) is 78.7 Å². The van der Waals surface area contributed by atoms with E-state index >= 15 is 8.78 Å².